The summed E-state index contributed by atoms with van der Waals surface area (Å²) in [5, 5.41) is 9.78. The van der Waals surface area contributed by atoms with Crippen molar-refractivity contribution in [3.8, 4) is 17.6 Å². The van der Waals surface area contributed by atoms with Gasteiger partial charge >= 0.3 is 0 Å². The molecule has 0 aliphatic heterocycles. The number of nitriles is 1. The van der Waals surface area contributed by atoms with Crippen molar-refractivity contribution in [3.63, 3.8) is 0 Å². The van der Waals surface area contributed by atoms with Crippen LogP contribution in [0.15, 0.2) is 48.7 Å². The van der Waals surface area contributed by atoms with Gasteiger partial charge in [0.1, 0.15) is 25.0 Å². The minimum Gasteiger partial charge on any atom is -0.489 e. The highest BCUT2D eigenvalue weighted by atomic mass is 35.5. The molecule has 0 aliphatic rings. The Labute approximate surface area is 202 Å². The van der Waals surface area contributed by atoms with E-state index in [4.69, 9.17) is 32.7 Å². The monoisotopic (exact) mass is 506 g/mol. The predicted molar refractivity (Wildman–Crippen MR) is 126 cm³/mol. The molecule has 33 heavy (non-hydrogen) atoms. The first-order valence-electron chi connectivity index (χ1n) is 9.70. The molecule has 3 aromatic rings. The van der Waals surface area contributed by atoms with E-state index in [1.54, 1.807) is 18.2 Å². The smallest absolute Gasteiger partial charge is 0.236 e. The van der Waals surface area contributed by atoms with Crippen molar-refractivity contribution in [1.29, 1.82) is 5.26 Å². The first-order chi connectivity index (χ1) is 15.8. The van der Waals surface area contributed by atoms with Crippen LogP contribution >= 0.6 is 23.2 Å². The van der Waals surface area contributed by atoms with Crippen molar-refractivity contribution < 1.29 is 17.9 Å². The Morgan fingerprint density at radius 2 is 1.88 bits per heavy atom. The number of nitrogens with one attached hydrogen (secondary N) is 1. The van der Waals surface area contributed by atoms with Crippen molar-refractivity contribution in [1.82, 2.24) is 9.97 Å². The topological polar surface area (TPSA) is 114 Å². The molecular weight excluding hydrogens is 487 g/mol. The minimum atomic E-state index is -3.46. The first-order valence-corrected chi connectivity index (χ1v) is 12.5. The van der Waals surface area contributed by atoms with Crippen molar-refractivity contribution in [2.45, 2.75) is 13.0 Å². The number of nitrogens with zero attached hydrogens (tertiary/aromatic N) is 3. The lowest BCUT2D eigenvalue weighted by Crippen LogP contribution is -2.13. The lowest BCUT2D eigenvalue weighted by Gasteiger charge is -2.11. The number of hydrogen-bond donors (Lipinski definition) is 1. The number of halogens is 2. The fraction of sp³-hybridized carbons (Fsp3) is 0.227. The van der Waals surface area contributed by atoms with Crippen LogP contribution in [-0.2, 0) is 23.1 Å². The summed E-state index contributed by atoms with van der Waals surface area (Å²) in [6, 6.07) is 14.7. The van der Waals surface area contributed by atoms with Gasteiger partial charge in [-0.1, -0.05) is 23.7 Å². The molecule has 0 fully saturated rings. The zero-order valence-electron chi connectivity index (χ0n) is 17.6. The van der Waals surface area contributed by atoms with E-state index in [-0.39, 0.29) is 19.2 Å². The Bertz CT molecular complexity index is 1260. The first kappa shape index (κ1) is 24.6. The molecule has 0 saturated carbocycles. The van der Waals surface area contributed by atoms with Crippen LogP contribution < -0.4 is 14.2 Å². The minimum absolute atomic E-state index is 0.0107. The molecule has 0 bridgehead atoms. The molecule has 172 valence electrons. The SMILES string of the molecule is CS(=O)(=O)Nc1nccc(COc2ccc(Cc3cc(Cl)c(OCCCl)c(C#N)c3)cc2)n1. The Morgan fingerprint density at radius 3 is 2.55 bits per heavy atom. The fourth-order valence-corrected chi connectivity index (χ4v) is 3.71. The standard InChI is InChI=1S/C22H20Cl2N4O4S/c1-33(29,30)28-22-26-8-6-18(27-22)14-32-19-4-2-15(3-5-19)10-16-11-17(13-25)21(20(24)12-16)31-9-7-23/h2-6,8,11-12H,7,9-10,14H2,1H3,(H,26,27,28). The maximum atomic E-state index is 11.3. The highest BCUT2D eigenvalue weighted by Gasteiger charge is 2.12. The summed E-state index contributed by atoms with van der Waals surface area (Å²) in [4.78, 5) is 7.98. The molecule has 0 unspecified atom stereocenters. The number of aromatic nitrogens is 2. The molecule has 0 amide bonds. The molecule has 1 heterocycles. The lowest BCUT2D eigenvalue weighted by molar-refractivity contribution is 0.301. The summed E-state index contributed by atoms with van der Waals surface area (Å²) in [7, 11) is -3.46. The normalized spacial score (nSPS) is 11.0. The van der Waals surface area contributed by atoms with Gasteiger partial charge in [-0.3, -0.25) is 4.72 Å². The van der Waals surface area contributed by atoms with E-state index in [1.165, 1.54) is 6.20 Å². The van der Waals surface area contributed by atoms with Gasteiger partial charge in [0.05, 0.1) is 28.4 Å². The van der Waals surface area contributed by atoms with Gasteiger partial charge in [0.2, 0.25) is 16.0 Å². The molecule has 0 spiro atoms. The molecule has 0 atom stereocenters. The number of alkyl halides is 1. The van der Waals surface area contributed by atoms with E-state index >= 15 is 0 Å². The van der Waals surface area contributed by atoms with E-state index in [9.17, 15) is 13.7 Å². The largest absolute Gasteiger partial charge is 0.489 e. The Hall–Kier alpha value is -3.06. The van der Waals surface area contributed by atoms with Gasteiger partial charge in [-0.05, 0) is 47.9 Å². The number of benzene rings is 2. The van der Waals surface area contributed by atoms with Crippen molar-refractivity contribution in [3.05, 3.63) is 76.1 Å². The molecule has 8 nitrogen and oxygen atoms in total. The third-order valence-electron chi connectivity index (χ3n) is 4.26. The molecule has 1 aromatic heterocycles. The average molecular weight is 507 g/mol. The maximum absolute atomic E-state index is 11.3. The van der Waals surface area contributed by atoms with Crippen LogP contribution in [0.2, 0.25) is 5.02 Å². The van der Waals surface area contributed by atoms with Crippen LogP contribution in [0.5, 0.6) is 11.5 Å². The second-order valence-electron chi connectivity index (χ2n) is 6.96. The number of anilines is 1. The van der Waals surface area contributed by atoms with Gasteiger partial charge in [-0.25, -0.2) is 18.4 Å². The van der Waals surface area contributed by atoms with Gasteiger partial charge in [-0.2, -0.15) is 5.26 Å². The molecule has 1 N–H and O–H groups in total. The summed E-state index contributed by atoms with van der Waals surface area (Å²) < 4.78 is 36.1. The van der Waals surface area contributed by atoms with E-state index in [1.807, 2.05) is 24.3 Å². The van der Waals surface area contributed by atoms with E-state index < -0.39 is 10.0 Å². The van der Waals surface area contributed by atoms with Gasteiger partial charge < -0.3 is 9.47 Å². The van der Waals surface area contributed by atoms with E-state index in [2.05, 4.69) is 20.8 Å². The molecule has 0 saturated heterocycles. The summed E-state index contributed by atoms with van der Waals surface area (Å²) in [6.45, 7) is 0.409. The van der Waals surface area contributed by atoms with Gasteiger partial charge in [0.25, 0.3) is 0 Å². The lowest BCUT2D eigenvalue weighted by atomic mass is 10.0. The van der Waals surface area contributed by atoms with E-state index in [0.717, 1.165) is 17.4 Å². The van der Waals surface area contributed by atoms with Crippen LogP contribution in [0.1, 0.15) is 22.4 Å². The summed E-state index contributed by atoms with van der Waals surface area (Å²) in [5.74, 6) is 1.25. The fourth-order valence-electron chi connectivity index (χ4n) is 2.91. The van der Waals surface area contributed by atoms with Crippen LogP contribution in [0.25, 0.3) is 0 Å². The average Bonchev–Trinajstić information content (AvgIpc) is 2.77. The summed E-state index contributed by atoms with van der Waals surface area (Å²) in [6.07, 6.45) is 3.05. The molecular formula is C22H20Cl2N4O4S. The molecule has 0 aliphatic carbocycles. The Morgan fingerprint density at radius 1 is 1.12 bits per heavy atom. The highest BCUT2D eigenvalue weighted by molar-refractivity contribution is 7.91. The Balaban J connectivity index is 1.64. The van der Waals surface area contributed by atoms with Gasteiger partial charge in [0.15, 0.2) is 5.75 Å². The zero-order chi connectivity index (χ0) is 23.8. The molecule has 0 radical (unpaired) electrons. The third kappa shape index (κ3) is 7.49. The van der Waals surface area contributed by atoms with Crippen LogP contribution in [0.4, 0.5) is 5.95 Å². The van der Waals surface area contributed by atoms with Gasteiger partial charge in [-0.15, -0.1) is 11.6 Å². The maximum Gasteiger partial charge on any atom is 0.236 e. The molecule has 11 heteroatoms. The number of sulfonamides is 1. The quantitative estimate of drug-likeness (QED) is 0.410. The Kier molecular flexibility index (Phi) is 8.33. The predicted octanol–water partition coefficient (Wildman–Crippen LogP) is 4.16. The van der Waals surface area contributed by atoms with Crippen molar-refractivity contribution in [2.24, 2.45) is 0 Å². The van der Waals surface area contributed by atoms with Crippen molar-refractivity contribution in [2.75, 3.05) is 23.5 Å². The summed E-state index contributed by atoms with van der Waals surface area (Å²) in [5.41, 5.74) is 2.75. The van der Waals surface area contributed by atoms with E-state index in [0.29, 0.717) is 40.1 Å². The summed E-state index contributed by atoms with van der Waals surface area (Å²) >= 11 is 11.9. The van der Waals surface area contributed by atoms with Crippen LogP contribution in [0.3, 0.4) is 0 Å². The number of hydrogen-bond acceptors (Lipinski definition) is 7. The highest BCUT2D eigenvalue weighted by Crippen LogP contribution is 2.31. The second kappa shape index (κ2) is 11.2. The number of rotatable bonds is 10. The zero-order valence-corrected chi connectivity index (χ0v) is 19.9. The van der Waals surface area contributed by atoms with Gasteiger partial charge in [0, 0.05) is 6.20 Å². The number of ether oxygens (including phenoxy) is 2. The third-order valence-corrected chi connectivity index (χ3v) is 5.24. The van der Waals surface area contributed by atoms with Crippen LogP contribution in [-0.4, -0.2) is 37.1 Å². The molecule has 2 aromatic carbocycles. The second-order valence-corrected chi connectivity index (χ2v) is 9.49. The van der Waals surface area contributed by atoms with Crippen molar-refractivity contribution >= 4 is 39.2 Å². The molecule has 3 rings (SSSR count). The van der Waals surface area contributed by atoms with Crippen LogP contribution in [0, 0.1) is 11.3 Å².